The molecule has 0 aliphatic carbocycles. The molecule has 44 heavy (non-hydrogen) atoms. The van der Waals surface area contributed by atoms with E-state index in [2.05, 4.69) is 0 Å². The molecular formula is C27H63NO13Si3. The maximum atomic E-state index is 10.7. The summed E-state index contributed by atoms with van der Waals surface area (Å²) in [4.78, 5) is 2.04. The lowest BCUT2D eigenvalue weighted by molar-refractivity contribution is -0.0107. The second kappa shape index (κ2) is 26.1. The topological polar surface area (TPSA) is 167 Å². The first-order valence-corrected chi connectivity index (χ1v) is 21.8. The Hall–Kier alpha value is 0.0906. The molecule has 14 nitrogen and oxygen atoms in total. The summed E-state index contributed by atoms with van der Waals surface area (Å²) in [5.74, 6) is 0. The van der Waals surface area contributed by atoms with Gasteiger partial charge in [-0.25, -0.2) is 0 Å². The highest BCUT2D eigenvalue weighted by Crippen LogP contribution is 2.18. The van der Waals surface area contributed by atoms with E-state index in [9.17, 15) is 20.4 Å². The Kier molecular flexibility index (Phi) is 26.1. The van der Waals surface area contributed by atoms with Gasteiger partial charge in [-0.1, -0.05) is 12.8 Å². The number of nitrogens with zero attached hydrogens (tertiary/aromatic N) is 1. The summed E-state index contributed by atoms with van der Waals surface area (Å²) in [7, 11) is 3.36. The van der Waals surface area contributed by atoms with Crippen molar-refractivity contribution in [3.05, 3.63) is 0 Å². The van der Waals surface area contributed by atoms with Gasteiger partial charge in [0.25, 0.3) is 0 Å². The second-order valence-corrected chi connectivity index (χ2v) is 21.0. The van der Waals surface area contributed by atoms with Gasteiger partial charge in [0.05, 0.1) is 37.9 Å². The first-order valence-electron chi connectivity index (χ1n) is 15.4. The van der Waals surface area contributed by atoms with Gasteiger partial charge in [-0.3, -0.25) is 4.90 Å². The molecule has 2 atom stereocenters. The quantitative estimate of drug-likeness (QED) is 0.0577. The normalized spacial score (nSPS) is 14.5. The van der Waals surface area contributed by atoms with E-state index in [1.807, 2.05) is 4.90 Å². The summed E-state index contributed by atoms with van der Waals surface area (Å²) < 4.78 is 49.5. The van der Waals surface area contributed by atoms with Crippen LogP contribution in [0.3, 0.4) is 0 Å². The van der Waals surface area contributed by atoms with Crippen molar-refractivity contribution < 1.29 is 60.9 Å². The second-order valence-electron chi connectivity index (χ2n) is 10.9. The standard InChI is InChI=1S/C27H63NO13Si3/c1-33-42(24-29,25-30)17-12-15-40-22-26(31)20-28(14-10-8-9-11-18-43(34-2,35-3)36-4)21-27(32)23-41-16-13-19-44(37-5,38-6)39-7/h26-27,29-32H,8-25H2,1-7H3. The van der Waals surface area contributed by atoms with Crippen LogP contribution in [0.1, 0.15) is 38.5 Å². The van der Waals surface area contributed by atoms with E-state index in [1.54, 1.807) is 42.7 Å². The molecular weight excluding hydrogens is 631 g/mol. The third-order valence-electron chi connectivity index (χ3n) is 7.83. The van der Waals surface area contributed by atoms with Crippen LogP contribution in [0.4, 0.5) is 0 Å². The summed E-state index contributed by atoms with van der Waals surface area (Å²) in [6.45, 7) is 2.54. The maximum absolute atomic E-state index is 10.7. The van der Waals surface area contributed by atoms with Crippen LogP contribution in [0, 0.1) is 0 Å². The molecule has 0 rings (SSSR count). The molecule has 0 heterocycles. The van der Waals surface area contributed by atoms with Gasteiger partial charge >= 0.3 is 17.6 Å². The summed E-state index contributed by atoms with van der Waals surface area (Å²) >= 11 is 0. The Labute approximate surface area is 268 Å². The average molecular weight is 694 g/mol. The fraction of sp³-hybridized carbons (Fsp3) is 1.00. The van der Waals surface area contributed by atoms with Crippen molar-refractivity contribution in [2.75, 3.05) is 108 Å². The molecule has 0 saturated heterocycles. The van der Waals surface area contributed by atoms with Gasteiger partial charge in [0.1, 0.15) is 0 Å². The van der Waals surface area contributed by atoms with E-state index in [0.717, 1.165) is 31.7 Å². The Bertz CT molecular complexity index is 600. The SMILES string of the molecule is CO[Si](CO)(CO)CCCOCC(O)CN(CCCCCC[Si](OC)(OC)OC)CC(O)COCCC[Si](OC)(OC)OC. The highest BCUT2D eigenvalue weighted by atomic mass is 28.4. The van der Waals surface area contributed by atoms with Crippen molar-refractivity contribution in [1.82, 2.24) is 4.90 Å². The molecule has 266 valence electrons. The number of aliphatic hydroxyl groups excluding tert-OH is 4. The monoisotopic (exact) mass is 693 g/mol. The van der Waals surface area contributed by atoms with Gasteiger partial charge in [-0.05, 0) is 38.3 Å². The highest BCUT2D eigenvalue weighted by Gasteiger charge is 2.37. The highest BCUT2D eigenvalue weighted by molar-refractivity contribution is 6.73. The van der Waals surface area contributed by atoms with E-state index in [-0.39, 0.29) is 25.7 Å². The molecule has 0 fully saturated rings. The summed E-state index contributed by atoms with van der Waals surface area (Å²) in [6.07, 6.45) is 3.32. The first-order chi connectivity index (χ1) is 21.1. The zero-order valence-corrected chi connectivity index (χ0v) is 31.3. The Morgan fingerprint density at radius 1 is 0.523 bits per heavy atom. The van der Waals surface area contributed by atoms with Gasteiger partial charge in [-0.2, -0.15) is 0 Å². The molecule has 0 aromatic carbocycles. The molecule has 0 aliphatic heterocycles. The predicted molar refractivity (Wildman–Crippen MR) is 173 cm³/mol. The smallest absolute Gasteiger partial charge is 0.415 e. The molecule has 2 unspecified atom stereocenters. The van der Waals surface area contributed by atoms with Crippen LogP contribution in [-0.2, 0) is 40.5 Å². The van der Waals surface area contributed by atoms with Crippen LogP contribution in [0.25, 0.3) is 0 Å². The average Bonchev–Trinajstić information content (AvgIpc) is 3.05. The molecule has 0 aliphatic rings. The molecule has 0 radical (unpaired) electrons. The number of rotatable bonds is 32. The third kappa shape index (κ3) is 17.9. The van der Waals surface area contributed by atoms with Crippen molar-refractivity contribution in [3.63, 3.8) is 0 Å². The Morgan fingerprint density at radius 3 is 1.34 bits per heavy atom. The lowest BCUT2D eigenvalue weighted by atomic mass is 10.2. The third-order valence-corrected chi connectivity index (χ3v) is 16.8. The van der Waals surface area contributed by atoms with Crippen LogP contribution in [-0.4, -0.2) is 172 Å². The molecule has 4 N–H and O–H groups in total. The van der Waals surface area contributed by atoms with E-state index in [1.165, 1.54) is 7.11 Å². The van der Waals surface area contributed by atoms with E-state index >= 15 is 0 Å². The van der Waals surface area contributed by atoms with Crippen molar-refractivity contribution in [2.24, 2.45) is 0 Å². The van der Waals surface area contributed by atoms with Gasteiger partial charge < -0.3 is 60.9 Å². The zero-order chi connectivity index (χ0) is 33.3. The van der Waals surface area contributed by atoms with E-state index in [0.29, 0.717) is 57.8 Å². The van der Waals surface area contributed by atoms with E-state index in [4.69, 9.17) is 40.5 Å². The Balaban J connectivity index is 4.76. The first kappa shape index (κ1) is 44.1. The Morgan fingerprint density at radius 2 is 0.932 bits per heavy atom. The lowest BCUT2D eigenvalue weighted by Crippen LogP contribution is -2.46. The molecule has 0 spiro atoms. The molecule has 0 aromatic rings. The van der Waals surface area contributed by atoms with Crippen LogP contribution in [0.5, 0.6) is 0 Å². The number of ether oxygens (including phenoxy) is 2. The van der Waals surface area contributed by atoms with Crippen LogP contribution in [0.2, 0.25) is 18.1 Å². The van der Waals surface area contributed by atoms with Gasteiger partial charge in [0, 0.05) is 88.2 Å². The van der Waals surface area contributed by atoms with E-state index < -0.39 is 38.1 Å². The number of unbranched alkanes of at least 4 members (excludes halogenated alkanes) is 3. The predicted octanol–water partition coefficient (Wildman–Crippen LogP) is 0.795. The maximum Gasteiger partial charge on any atom is 0.500 e. The minimum absolute atomic E-state index is 0.144. The summed E-state index contributed by atoms with van der Waals surface area (Å²) in [5, 5.41) is 40.5. The fourth-order valence-corrected chi connectivity index (χ4v) is 10.0. The number of hydrogen-bond acceptors (Lipinski definition) is 14. The molecule has 0 aromatic heterocycles. The van der Waals surface area contributed by atoms with Crippen molar-refractivity contribution >= 4 is 25.9 Å². The number of hydrogen-bond donors (Lipinski definition) is 4. The van der Waals surface area contributed by atoms with Crippen LogP contribution < -0.4 is 0 Å². The molecule has 0 bridgehead atoms. The minimum atomic E-state index is -2.65. The molecule has 17 heteroatoms. The number of aliphatic hydroxyl groups is 4. The lowest BCUT2D eigenvalue weighted by Gasteiger charge is -2.28. The summed E-state index contributed by atoms with van der Waals surface area (Å²) in [5.41, 5.74) is 0. The van der Waals surface area contributed by atoms with Gasteiger partial charge in [0.2, 0.25) is 8.32 Å². The van der Waals surface area contributed by atoms with Crippen LogP contribution >= 0.6 is 0 Å². The van der Waals surface area contributed by atoms with Crippen molar-refractivity contribution in [3.8, 4) is 0 Å². The minimum Gasteiger partial charge on any atom is -0.415 e. The fourth-order valence-electron chi connectivity index (χ4n) is 4.87. The zero-order valence-electron chi connectivity index (χ0n) is 28.3. The summed E-state index contributed by atoms with van der Waals surface area (Å²) in [6, 6.07) is 1.93. The molecule has 0 amide bonds. The van der Waals surface area contributed by atoms with Crippen LogP contribution in [0.15, 0.2) is 0 Å². The van der Waals surface area contributed by atoms with Gasteiger partial charge in [-0.15, -0.1) is 0 Å². The van der Waals surface area contributed by atoms with Crippen molar-refractivity contribution in [2.45, 2.75) is 68.9 Å². The van der Waals surface area contributed by atoms with Crippen molar-refractivity contribution in [1.29, 1.82) is 0 Å². The molecule has 0 saturated carbocycles. The van der Waals surface area contributed by atoms with Gasteiger partial charge in [0.15, 0.2) is 0 Å². The largest absolute Gasteiger partial charge is 0.500 e.